The van der Waals surface area contributed by atoms with Crippen LogP contribution in [-0.4, -0.2) is 34.7 Å². The van der Waals surface area contributed by atoms with Crippen LogP contribution in [0.1, 0.15) is 56.7 Å². The number of benzene rings is 2. The van der Waals surface area contributed by atoms with Gasteiger partial charge in [-0.15, -0.1) is 17.5 Å². The Bertz CT molecular complexity index is 1170. The summed E-state index contributed by atoms with van der Waals surface area (Å²) in [7, 11) is 0. The molecule has 2 N–H and O–H groups in total. The number of carbonyl (C=O) groups is 3. The maximum absolute atomic E-state index is 13.3. The third kappa shape index (κ3) is 6.80. The van der Waals surface area contributed by atoms with Crippen LogP contribution in [0.5, 0.6) is 0 Å². The smallest absolute Gasteiger partial charge is 0.514 e. The first kappa shape index (κ1) is 29.7. The molecule has 8 heteroatoms. The van der Waals surface area contributed by atoms with Gasteiger partial charge in [-0.05, 0) is 24.5 Å². The largest absolute Gasteiger partial charge is 2.00 e. The van der Waals surface area contributed by atoms with Gasteiger partial charge >= 0.3 is 31.1 Å². The van der Waals surface area contributed by atoms with Crippen LogP contribution in [-0.2, 0) is 16.1 Å². The van der Waals surface area contributed by atoms with Crippen LogP contribution in [0.2, 0.25) is 0 Å². The number of hydrogen-bond donors (Lipinski definition) is 2. The second-order valence-electron chi connectivity index (χ2n) is 8.89. The van der Waals surface area contributed by atoms with Gasteiger partial charge in [0, 0.05) is 17.8 Å². The normalized spacial score (nSPS) is 16.4. The van der Waals surface area contributed by atoms with E-state index < -0.39 is 17.5 Å². The van der Waals surface area contributed by atoms with Gasteiger partial charge in [-0.1, -0.05) is 70.0 Å². The van der Waals surface area contributed by atoms with Gasteiger partial charge in [0.15, 0.2) is 0 Å². The van der Waals surface area contributed by atoms with Crippen molar-refractivity contribution in [2.24, 2.45) is 5.92 Å². The number of carbonyl (C=O) groups excluding carboxylic acids is 3. The number of amides is 2. The summed E-state index contributed by atoms with van der Waals surface area (Å²) < 4.78 is 5.62. The molecule has 188 valence electrons. The molecule has 1 unspecified atom stereocenters. The predicted molar refractivity (Wildman–Crippen MR) is 137 cm³/mol. The fourth-order valence-corrected chi connectivity index (χ4v) is 3.62. The Kier molecular flexibility index (Phi) is 10.8. The number of fused-ring (bicyclic) bond motifs is 2. The molecule has 2 heterocycles. The Labute approximate surface area is 236 Å². The Morgan fingerprint density at radius 3 is 2.39 bits per heavy atom. The number of rotatable bonds is 6. The molecule has 1 atom stereocenters. The molecule has 3 aromatic rings. The SMILES string of the molecule is CCC(C)CC.[CH2-]C1(N(CC(C)=O)C(=O)c2[c-]c3ccccc3o2)Nc2ccccc2CNC1=O.[U+2]. The minimum atomic E-state index is -1.75. The molecule has 0 saturated carbocycles. The van der Waals surface area contributed by atoms with Crippen molar-refractivity contribution in [3.05, 3.63) is 72.8 Å². The minimum Gasteiger partial charge on any atom is -0.514 e. The van der Waals surface area contributed by atoms with Crippen molar-refractivity contribution in [3.63, 3.8) is 0 Å². The first-order valence-corrected chi connectivity index (χ1v) is 11.9. The van der Waals surface area contributed by atoms with E-state index in [1.807, 2.05) is 18.2 Å². The molecule has 7 nitrogen and oxygen atoms in total. The topological polar surface area (TPSA) is 91.7 Å². The molecule has 4 rings (SSSR count). The van der Waals surface area contributed by atoms with Crippen molar-refractivity contribution in [1.29, 1.82) is 0 Å². The fourth-order valence-electron chi connectivity index (χ4n) is 3.62. The molecule has 1 aliphatic rings. The first-order chi connectivity index (χ1) is 16.7. The Morgan fingerprint density at radius 1 is 1.14 bits per heavy atom. The van der Waals surface area contributed by atoms with Crippen LogP contribution >= 0.6 is 0 Å². The van der Waals surface area contributed by atoms with E-state index in [0.29, 0.717) is 16.7 Å². The van der Waals surface area contributed by atoms with Crippen LogP contribution < -0.4 is 10.6 Å². The molecule has 0 fully saturated rings. The van der Waals surface area contributed by atoms with Gasteiger partial charge < -0.3 is 24.7 Å². The molecule has 1 aromatic heterocycles. The van der Waals surface area contributed by atoms with Crippen LogP contribution in [0.25, 0.3) is 11.0 Å². The van der Waals surface area contributed by atoms with Crippen LogP contribution in [0.3, 0.4) is 0 Å². The average molecular weight is 714 g/mol. The summed E-state index contributed by atoms with van der Waals surface area (Å²) in [6.07, 6.45) is 2.66. The third-order valence-electron chi connectivity index (χ3n) is 6.20. The zero-order chi connectivity index (χ0) is 25.6. The Hall–Kier alpha value is -2.56. The van der Waals surface area contributed by atoms with Crippen molar-refractivity contribution >= 4 is 34.3 Å². The van der Waals surface area contributed by atoms with E-state index in [1.165, 1.54) is 19.8 Å². The number of anilines is 1. The van der Waals surface area contributed by atoms with Crippen LogP contribution in [0, 0.1) is 50.0 Å². The Balaban J connectivity index is 0.000000584. The monoisotopic (exact) mass is 713 g/mol. The van der Waals surface area contributed by atoms with Gasteiger partial charge in [-0.25, -0.2) is 0 Å². The van der Waals surface area contributed by atoms with E-state index in [2.05, 4.69) is 44.4 Å². The standard InChI is InChI=1S/C22H19N3O4.C6H14.U/c1-14(26)13-25(20(27)19-11-15-7-4-6-10-18(15)29-19)22(2)21(28)23-12-16-8-3-5-9-17(16)24-22;1-4-6(3)5-2;/h3-10,24H,2,12-13H2,1H3,(H,23,28);6H,4-5H2,1-3H3;/q-2;;+2. The fraction of sp³-hybridized carbons (Fsp3) is 0.357. The number of nitrogens with one attached hydrogen (secondary N) is 2. The number of para-hydroxylation sites is 2. The quantitative estimate of drug-likeness (QED) is 0.352. The maximum atomic E-state index is 13.3. The molecular formula is C28H33N3O4U. The molecule has 2 amide bonds. The second-order valence-corrected chi connectivity index (χ2v) is 8.89. The van der Waals surface area contributed by atoms with Gasteiger partial charge in [-0.2, -0.15) is 0 Å². The van der Waals surface area contributed by atoms with Gasteiger partial charge in [0.05, 0.1) is 18.0 Å². The van der Waals surface area contributed by atoms with E-state index in [0.717, 1.165) is 16.4 Å². The van der Waals surface area contributed by atoms with Gasteiger partial charge in [-0.3, -0.25) is 16.5 Å². The molecular weight excluding hydrogens is 680 g/mol. The molecule has 0 saturated heterocycles. The number of furan rings is 1. The van der Waals surface area contributed by atoms with E-state index in [9.17, 15) is 14.4 Å². The van der Waals surface area contributed by atoms with Crippen molar-refractivity contribution in [2.75, 3.05) is 11.9 Å². The summed E-state index contributed by atoms with van der Waals surface area (Å²) in [5, 5.41) is 6.44. The summed E-state index contributed by atoms with van der Waals surface area (Å²) in [5.41, 5.74) is 0.232. The maximum Gasteiger partial charge on any atom is 2.00 e. The predicted octanol–water partition coefficient (Wildman–Crippen LogP) is 4.98. The average Bonchev–Trinajstić information content (AvgIpc) is 3.24. The van der Waals surface area contributed by atoms with Crippen molar-refractivity contribution in [3.8, 4) is 0 Å². The molecule has 0 radical (unpaired) electrons. The summed E-state index contributed by atoms with van der Waals surface area (Å²) in [4.78, 5) is 39.3. The van der Waals surface area contributed by atoms with E-state index in [-0.39, 0.29) is 55.7 Å². The first-order valence-electron chi connectivity index (χ1n) is 11.9. The summed E-state index contributed by atoms with van der Waals surface area (Å²) in [6, 6.07) is 17.3. The van der Waals surface area contributed by atoms with Crippen LogP contribution in [0.4, 0.5) is 5.69 Å². The van der Waals surface area contributed by atoms with E-state index in [4.69, 9.17) is 4.42 Å². The van der Waals surface area contributed by atoms with E-state index in [1.54, 1.807) is 30.3 Å². The van der Waals surface area contributed by atoms with Crippen LogP contribution in [0.15, 0.2) is 52.9 Å². The number of ketones is 1. The van der Waals surface area contributed by atoms with Gasteiger partial charge in [0.1, 0.15) is 5.78 Å². The molecule has 0 bridgehead atoms. The number of nitrogens with zero attached hydrogens (tertiary/aromatic N) is 1. The summed E-state index contributed by atoms with van der Waals surface area (Å²) >= 11 is 0. The Morgan fingerprint density at radius 2 is 1.78 bits per heavy atom. The molecule has 2 aromatic carbocycles. The second kappa shape index (κ2) is 13.1. The third-order valence-corrected chi connectivity index (χ3v) is 6.20. The molecule has 36 heavy (non-hydrogen) atoms. The zero-order valence-corrected chi connectivity index (χ0v) is 25.5. The zero-order valence-electron chi connectivity index (χ0n) is 21.3. The van der Waals surface area contributed by atoms with Gasteiger partial charge in [0.2, 0.25) is 11.8 Å². The van der Waals surface area contributed by atoms with Crippen molar-refractivity contribution < 1.29 is 49.9 Å². The number of Topliss-reactive ketones (excluding diaryl/α,β-unsaturated/α-hetero) is 1. The molecule has 1 aliphatic heterocycles. The minimum absolute atomic E-state index is 0. The van der Waals surface area contributed by atoms with E-state index >= 15 is 0 Å². The van der Waals surface area contributed by atoms with Crippen molar-refractivity contribution in [1.82, 2.24) is 10.2 Å². The summed E-state index contributed by atoms with van der Waals surface area (Å²) in [6.45, 7) is 12.0. The van der Waals surface area contributed by atoms with Crippen molar-refractivity contribution in [2.45, 2.75) is 52.7 Å². The number of hydrogen-bond acceptors (Lipinski definition) is 5. The molecule has 0 spiro atoms. The van der Waals surface area contributed by atoms with Gasteiger partial charge in [0.25, 0.3) is 0 Å². The summed E-state index contributed by atoms with van der Waals surface area (Å²) in [5.74, 6) is -0.648. The molecule has 0 aliphatic carbocycles.